The maximum absolute atomic E-state index is 11.4. The van der Waals surface area contributed by atoms with E-state index in [-0.39, 0.29) is 23.4 Å². The van der Waals surface area contributed by atoms with Crippen molar-refractivity contribution in [2.75, 3.05) is 13.2 Å². The second kappa shape index (κ2) is 8.07. The topological polar surface area (TPSA) is 46.5 Å². The molecule has 2 rings (SSSR count). The summed E-state index contributed by atoms with van der Waals surface area (Å²) in [5.41, 5.74) is 3.14. The number of carbonyl (C=O) groups is 1. The molecular formula is C22H36O3. The standard InChI is InChI=1S/C22H36O3/c1-16(11-14-23)7-9-19-17(2)8-10-20-21(4,15-25-18(3)24)12-6-13-22(19,20)5/h8,11,19-20,23H,6-7,9-10,12-15H2,1-5H3/b16-11+/t19-,20-,21+,22+/m0/s1. The maximum atomic E-state index is 11.4. The molecule has 0 saturated heterocycles. The second-order valence-electron chi connectivity index (χ2n) is 8.85. The molecule has 1 saturated carbocycles. The first-order valence-corrected chi connectivity index (χ1v) is 9.79. The number of allylic oxidation sites excluding steroid dienone is 3. The number of ether oxygens (including phenoxy) is 1. The number of aliphatic hydroxyl groups is 1. The van der Waals surface area contributed by atoms with Crippen molar-refractivity contribution in [3.8, 4) is 0 Å². The van der Waals surface area contributed by atoms with E-state index in [9.17, 15) is 4.79 Å². The van der Waals surface area contributed by atoms with Crippen molar-refractivity contribution in [3.63, 3.8) is 0 Å². The summed E-state index contributed by atoms with van der Waals surface area (Å²) in [6, 6.07) is 0. The van der Waals surface area contributed by atoms with E-state index in [0.29, 0.717) is 18.4 Å². The summed E-state index contributed by atoms with van der Waals surface area (Å²) >= 11 is 0. The SMILES string of the molecule is CC(=O)OC[C@@]1(C)CCC[C@]2(C)[C@@H](CC/C(C)=C/CO)C(C)=CC[C@@H]12. The van der Waals surface area contributed by atoms with Gasteiger partial charge in [-0.2, -0.15) is 0 Å². The maximum Gasteiger partial charge on any atom is 0.302 e. The highest BCUT2D eigenvalue weighted by molar-refractivity contribution is 5.65. The average Bonchev–Trinajstić information content (AvgIpc) is 2.52. The minimum absolute atomic E-state index is 0.0735. The molecule has 0 aliphatic heterocycles. The molecule has 2 aliphatic carbocycles. The Kier molecular flexibility index (Phi) is 6.53. The van der Waals surface area contributed by atoms with Gasteiger partial charge in [-0.1, -0.05) is 43.6 Å². The summed E-state index contributed by atoms with van der Waals surface area (Å²) in [5, 5.41) is 9.11. The third-order valence-corrected chi connectivity index (χ3v) is 6.99. The first kappa shape index (κ1) is 20.2. The molecule has 0 radical (unpaired) electrons. The molecule has 142 valence electrons. The van der Waals surface area contributed by atoms with E-state index in [0.717, 1.165) is 25.7 Å². The number of carbonyl (C=O) groups excluding carboxylic acids is 1. The average molecular weight is 349 g/mol. The van der Waals surface area contributed by atoms with Crippen molar-refractivity contribution in [1.29, 1.82) is 0 Å². The van der Waals surface area contributed by atoms with Crippen molar-refractivity contribution in [2.45, 2.75) is 73.1 Å². The fourth-order valence-electron chi connectivity index (χ4n) is 5.58. The zero-order chi connectivity index (χ0) is 18.7. The summed E-state index contributed by atoms with van der Waals surface area (Å²) in [5.74, 6) is 0.964. The Morgan fingerprint density at radius 1 is 1.36 bits per heavy atom. The van der Waals surface area contributed by atoms with Crippen molar-refractivity contribution < 1.29 is 14.6 Å². The van der Waals surface area contributed by atoms with E-state index in [1.807, 2.05) is 6.08 Å². The molecule has 1 fully saturated rings. The van der Waals surface area contributed by atoms with Gasteiger partial charge in [0, 0.05) is 12.3 Å². The zero-order valence-electron chi connectivity index (χ0n) is 16.7. The van der Waals surface area contributed by atoms with Gasteiger partial charge in [0.1, 0.15) is 0 Å². The van der Waals surface area contributed by atoms with Crippen LogP contribution in [-0.4, -0.2) is 24.3 Å². The Labute approximate surface area is 153 Å². The molecule has 1 N–H and O–H groups in total. The fourth-order valence-corrected chi connectivity index (χ4v) is 5.58. The highest BCUT2D eigenvalue weighted by Gasteiger charge is 2.53. The molecule has 3 nitrogen and oxygen atoms in total. The Balaban J connectivity index is 2.22. The monoisotopic (exact) mass is 348 g/mol. The predicted octanol–water partition coefficient (Wildman–Crippen LogP) is 5.05. The molecule has 0 unspecified atom stereocenters. The molecule has 0 aromatic heterocycles. The van der Waals surface area contributed by atoms with Crippen LogP contribution in [0, 0.1) is 22.7 Å². The Morgan fingerprint density at radius 3 is 2.72 bits per heavy atom. The molecule has 3 heteroatoms. The molecule has 25 heavy (non-hydrogen) atoms. The van der Waals surface area contributed by atoms with Crippen molar-refractivity contribution >= 4 is 5.97 Å². The lowest BCUT2D eigenvalue weighted by atomic mass is 9.48. The normalized spacial score (nSPS) is 35.8. The van der Waals surface area contributed by atoms with E-state index >= 15 is 0 Å². The van der Waals surface area contributed by atoms with Crippen LogP contribution in [0.15, 0.2) is 23.3 Å². The van der Waals surface area contributed by atoms with Crippen LogP contribution in [0.3, 0.4) is 0 Å². The Bertz CT molecular complexity index is 547. The molecule has 0 aromatic rings. The van der Waals surface area contributed by atoms with E-state index in [1.54, 1.807) is 0 Å². The lowest BCUT2D eigenvalue weighted by Gasteiger charge is -2.57. The third kappa shape index (κ3) is 4.36. The van der Waals surface area contributed by atoms with Gasteiger partial charge in [-0.25, -0.2) is 0 Å². The third-order valence-electron chi connectivity index (χ3n) is 6.99. The summed E-state index contributed by atoms with van der Waals surface area (Å²) in [6.45, 7) is 11.4. The summed E-state index contributed by atoms with van der Waals surface area (Å²) in [7, 11) is 0. The van der Waals surface area contributed by atoms with E-state index in [1.165, 1.54) is 30.9 Å². The minimum atomic E-state index is -0.169. The van der Waals surface area contributed by atoms with Gasteiger partial charge in [-0.3, -0.25) is 4.79 Å². The van der Waals surface area contributed by atoms with Gasteiger partial charge in [-0.05, 0) is 63.2 Å². The first-order valence-electron chi connectivity index (χ1n) is 9.79. The number of hydrogen-bond acceptors (Lipinski definition) is 3. The van der Waals surface area contributed by atoms with E-state index < -0.39 is 0 Å². The van der Waals surface area contributed by atoms with Gasteiger partial charge in [0.05, 0.1) is 13.2 Å². The number of esters is 1. The summed E-state index contributed by atoms with van der Waals surface area (Å²) in [6.07, 6.45) is 11.2. The first-order chi connectivity index (χ1) is 11.7. The molecule has 4 atom stereocenters. The fraction of sp³-hybridized carbons (Fsp3) is 0.773. The van der Waals surface area contributed by atoms with Gasteiger partial charge in [0.2, 0.25) is 0 Å². The Hall–Kier alpha value is -1.09. The zero-order valence-corrected chi connectivity index (χ0v) is 16.7. The van der Waals surface area contributed by atoms with Crippen LogP contribution in [0.25, 0.3) is 0 Å². The van der Waals surface area contributed by atoms with Crippen molar-refractivity contribution in [1.82, 2.24) is 0 Å². The van der Waals surface area contributed by atoms with E-state index in [4.69, 9.17) is 9.84 Å². The van der Waals surface area contributed by atoms with Crippen LogP contribution >= 0.6 is 0 Å². The highest BCUT2D eigenvalue weighted by Crippen LogP contribution is 2.60. The van der Waals surface area contributed by atoms with Gasteiger partial charge >= 0.3 is 5.97 Å². The van der Waals surface area contributed by atoms with Crippen LogP contribution in [-0.2, 0) is 9.53 Å². The molecule has 0 aromatic carbocycles. The summed E-state index contributed by atoms with van der Waals surface area (Å²) < 4.78 is 5.47. The largest absolute Gasteiger partial charge is 0.465 e. The van der Waals surface area contributed by atoms with Gasteiger partial charge < -0.3 is 9.84 Å². The van der Waals surface area contributed by atoms with Crippen LogP contribution in [0.2, 0.25) is 0 Å². The van der Waals surface area contributed by atoms with Crippen LogP contribution in [0.4, 0.5) is 0 Å². The number of hydrogen-bond donors (Lipinski definition) is 1. The molecule has 2 aliphatic rings. The second-order valence-corrected chi connectivity index (χ2v) is 8.85. The highest BCUT2D eigenvalue weighted by atomic mass is 16.5. The molecule has 0 amide bonds. The van der Waals surface area contributed by atoms with Gasteiger partial charge in [0.15, 0.2) is 0 Å². The lowest BCUT2D eigenvalue weighted by Crippen LogP contribution is -2.51. The Morgan fingerprint density at radius 2 is 2.08 bits per heavy atom. The molecule has 0 spiro atoms. The van der Waals surface area contributed by atoms with Crippen molar-refractivity contribution in [2.24, 2.45) is 22.7 Å². The minimum Gasteiger partial charge on any atom is -0.465 e. The van der Waals surface area contributed by atoms with E-state index in [2.05, 4.69) is 33.8 Å². The molecule has 0 heterocycles. The number of rotatable bonds is 6. The van der Waals surface area contributed by atoms with Crippen LogP contribution < -0.4 is 0 Å². The van der Waals surface area contributed by atoms with Crippen molar-refractivity contribution in [3.05, 3.63) is 23.3 Å². The number of fused-ring (bicyclic) bond motifs is 1. The van der Waals surface area contributed by atoms with Crippen LogP contribution in [0.5, 0.6) is 0 Å². The number of aliphatic hydroxyl groups excluding tert-OH is 1. The lowest BCUT2D eigenvalue weighted by molar-refractivity contribution is -0.151. The van der Waals surface area contributed by atoms with Crippen LogP contribution in [0.1, 0.15) is 73.1 Å². The van der Waals surface area contributed by atoms with Gasteiger partial charge in [0.25, 0.3) is 0 Å². The summed E-state index contributed by atoms with van der Waals surface area (Å²) in [4.78, 5) is 11.4. The molecular weight excluding hydrogens is 312 g/mol. The smallest absolute Gasteiger partial charge is 0.302 e. The van der Waals surface area contributed by atoms with Gasteiger partial charge in [-0.15, -0.1) is 0 Å². The predicted molar refractivity (Wildman–Crippen MR) is 102 cm³/mol. The quantitative estimate of drug-likeness (QED) is 0.540. The molecule has 0 bridgehead atoms.